The van der Waals surface area contributed by atoms with Crippen molar-refractivity contribution in [2.75, 3.05) is 6.54 Å². The van der Waals surface area contributed by atoms with Gasteiger partial charge in [0, 0.05) is 12.2 Å². The minimum Gasteiger partial charge on any atom is -0.310 e. The van der Waals surface area contributed by atoms with Gasteiger partial charge in [-0.15, -0.1) is 0 Å². The summed E-state index contributed by atoms with van der Waals surface area (Å²) >= 11 is 0. The van der Waals surface area contributed by atoms with Crippen LogP contribution >= 0.6 is 0 Å². The Kier molecular flexibility index (Phi) is 3.79. The first-order valence-electron chi connectivity index (χ1n) is 7.18. The fourth-order valence-electron chi connectivity index (χ4n) is 3.00. The smallest absolute Gasteiger partial charge is 0.141 e. The summed E-state index contributed by atoms with van der Waals surface area (Å²) in [5.41, 5.74) is 2.33. The Morgan fingerprint density at radius 1 is 1.30 bits per heavy atom. The number of rotatable bonds is 5. The van der Waals surface area contributed by atoms with Crippen LogP contribution in [0.5, 0.6) is 0 Å². The van der Waals surface area contributed by atoms with Gasteiger partial charge in [0.2, 0.25) is 0 Å². The molecule has 3 heteroatoms. The molecule has 1 aliphatic rings. The number of halogens is 1. The van der Waals surface area contributed by atoms with Gasteiger partial charge >= 0.3 is 0 Å². The van der Waals surface area contributed by atoms with Crippen molar-refractivity contribution < 1.29 is 4.39 Å². The van der Waals surface area contributed by atoms with Crippen molar-refractivity contribution in [2.45, 2.75) is 25.3 Å². The van der Waals surface area contributed by atoms with E-state index in [0.29, 0.717) is 11.8 Å². The van der Waals surface area contributed by atoms with Crippen molar-refractivity contribution in [1.29, 1.82) is 0 Å². The number of nitrogens with zero attached hydrogens (tertiary/aromatic N) is 1. The quantitative estimate of drug-likeness (QED) is 0.896. The molecule has 0 spiro atoms. The summed E-state index contributed by atoms with van der Waals surface area (Å²) in [6.45, 7) is 2.96. The average Bonchev–Trinajstić information content (AvgIpc) is 3.26. The number of hydrogen-bond acceptors (Lipinski definition) is 2. The second-order valence-corrected chi connectivity index (χ2v) is 5.39. The van der Waals surface area contributed by atoms with E-state index in [-0.39, 0.29) is 11.9 Å². The molecule has 3 atom stereocenters. The van der Waals surface area contributed by atoms with Crippen LogP contribution in [0.15, 0.2) is 48.8 Å². The van der Waals surface area contributed by atoms with Gasteiger partial charge in [0.15, 0.2) is 0 Å². The highest BCUT2D eigenvalue weighted by atomic mass is 19.1. The van der Waals surface area contributed by atoms with Gasteiger partial charge in [-0.25, -0.2) is 4.39 Å². The third-order valence-electron chi connectivity index (χ3n) is 4.00. The lowest BCUT2D eigenvalue weighted by Crippen LogP contribution is -2.23. The van der Waals surface area contributed by atoms with Gasteiger partial charge in [0.1, 0.15) is 5.82 Å². The summed E-state index contributed by atoms with van der Waals surface area (Å²) in [5.74, 6) is 0.840. The van der Waals surface area contributed by atoms with E-state index in [9.17, 15) is 4.39 Å². The first-order valence-corrected chi connectivity index (χ1v) is 7.18. The van der Waals surface area contributed by atoms with Crippen molar-refractivity contribution in [2.24, 2.45) is 5.92 Å². The number of benzene rings is 1. The summed E-state index contributed by atoms with van der Waals surface area (Å²) in [7, 11) is 0. The van der Waals surface area contributed by atoms with Crippen LogP contribution in [0.2, 0.25) is 0 Å². The van der Waals surface area contributed by atoms with Crippen molar-refractivity contribution >= 4 is 0 Å². The van der Waals surface area contributed by atoms with Gasteiger partial charge in [-0.05, 0) is 42.0 Å². The Labute approximate surface area is 119 Å². The van der Waals surface area contributed by atoms with Crippen molar-refractivity contribution in [3.8, 4) is 0 Å². The van der Waals surface area contributed by atoms with Gasteiger partial charge in [-0.2, -0.15) is 0 Å². The minimum absolute atomic E-state index is 0.188. The second kappa shape index (κ2) is 5.71. The molecule has 3 rings (SSSR count). The van der Waals surface area contributed by atoms with Crippen LogP contribution in [0.4, 0.5) is 4.39 Å². The van der Waals surface area contributed by atoms with E-state index in [4.69, 9.17) is 0 Å². The minimum atomic E-state index is -0.262. The molecule has 1 aliphatic carbocycles. The first kappa shape index (κ1) is 13.3. The van der Waals surface area contributed by atoms with Crippen LogP contribution in [0, 0.1) is 11.7 Å². The fraction of sp³-hybridized carbons (Fsp3) is 0.353. The van der Waals surface area contributed by atoms with E-state index in [1.807, 2.05) is 6.07 Å². The highest BCUT2D eigenvalue weighted by Crippen LogP contribution is 2.53. The third-order valence-corrected chi connectivity index (χ3v) is 4.00. The maximum Gasteiger partial charge on any atom is 0.141 e. The van der Waals surface area contributed by atoms with Gasteiger partial charge in [-0.3, -0.25) is 4.98 Å². The molecule has 1 saturated carbocycles. The van der Waals surface area contributed by atoms with E-state index in [0.717, 1.165) is 18.5 Å². The molecule has 1 aromatic heterocycles. The van der Waals surface area contributed by atoms with E-state index >= 15 is 0 Å². The molecule has 0 aliphatic heterocycles. The predicted octanol–water partition coefficient (Wildman–Crippen LogP) is 3.68. The Hall–Kier alpha value is -1.74. The van der Waals surface area contributed by atoms with E-state index in [1.54, 1.807) is 12.3 Å². The molecule has 0 radical (unpaired) electrons. The summed E-state index contributed by atoms with van der Waals surface area (Å²) < 4.78 is 13.4. The molecule has 3 unspecified atom stereocenters. The summed E-state index contributed by atoms with van der Waals surface area (Å²) in [5, 5.41) is 3.48. The lowest BCUT2D eigenvalue weighted by atomic mass is 10.00. The Morgan fingerprint density at radius 2 is 2.10 bits per heavy atom. The lowest BCUT2D eigenvalue weighted by Gasteiger charge is -2.18. The number of hydrogen-bond donors (Lipinski definition) is 1. The highest BCUT2D eigenvalue weighted by Gasteiger charge is 2.44. The van der Waals surface area contributed by atoms with Gasteiger partial charge < -0.3 is 5.32 Å². The molecule has 0 amide bonds. The summed E-state index contributed by atoms with van der Waals surface area (Å²) in [6.07, 6.45) is 4.18. The lowest BCUT2D eigenvalue weighted by molar-refractivity contribution is 0.481. The van der Waals surface area contributed by atoms with Crippen molar-refractivity contribution in [1.82, 2.24) is 10.3 Å². The van der Waals surface area contributed by atoms with E-state index in [1.165, 1.54) is 11.8 Å². The Balaban J connectivity index is 1.80. The largest absolute Gasteiger partial charge is 0.310 e. The molecule has 1 aromatic carbocycles. The molecule has 1 N–H and O–H groups in total. The van der Waals surface area contributed by atoms with Gasteiger partial charge in [0.25, 0.3) is 0 Å². The standard InChI is InChI=1S/C17H19FN2/c1-2-20-17(13-8-14(18)11-19-10-13)16-9-15(16)12-6-4-3-5-7-12/h3-8,10-11,15-17,20H,2,9H2,1H3. The van der Waals surface area contributed by atoms with Crippen molar-refractivity contribution in [3.63, 3.8) is 0 Å². The molecule has 0 saturated heterocycles. The average molecular weight is 270 g/mol. The predicted molar refractivity (Wildman–Crippen MR) is 77.9 cm³/mol. The normalized spacial score (nSPS) is 22.5. The molecule has 1 fully saturated rings. The topological polar surface area (TPSA) is 24.9 Å². The fourth-order valence-corrected chi connectivity index (χ4v) is 3.00. The zero-order valence-corrected chi connectivity index (χ0v) is 11.6. The van der Waals surface area contributed by atoms with Crippen LogP contribution in [0.25, 0.3) is 0 Å². The summed E-state index contributed by atoms with van der Waals surface area (Å²) in [4.78, 5) is 3.98. The van der Waals surface area contributed by atoms with Crippen LogP contribution in [0.1, 0.15) is 36.4 Å². The highest BCUT2D eigenvalue weighted by molar-refractivity contribution is 5.29. The monoisotopic (exact) mass is 270 g/mol. The zero-order chi connectivity index (χ0) is 13.9. The SMILES string of the molecule is CCNC(c1cncc(F)c1)C1CC1c1ccccc1. The first-order chi connectivity index (χ1) is 9.79. The van der Waals surface area contributed by atoms with E-state index in [2.05, 4.69) is 41.5 Å². The van der Waals surface area contributed by atoms with E-state index < -0.39 is 0 Å². The Bertz CT molecular complexity index is 570. The number of pyridine rings is 1. The zero-order valence-electron chi connectivity index (χ0n) is 11.6. The Morgan fingerprint density at radius 3 is 2.80 bits per heavy atom. The van der Waals surface area contributed by atoms with Crippen LogP contribution < -0.4 is 5.32 Å². The molecule has 20 heavy (non-hydrogen) atoms. The number of aromatic nitrogens is 1. The van der Waals surface area contributed by atoms with Crippen molar-refractivity contribution in [3.05, 3.63) is 65.7 Å². The van der Waals surface area contributed by atoms with Crippen LogP contribution in [-0.2, 0) is 0 Å². The maximum atomic E-state index is 13.4. The molecule has 104 valence electrons. The molecule has 0 bridgehead atoms. The van der Waals surface area contributed by atoms with Gasteiger partial charge in [0.05, 0.1) is 6.20 Å². The summed E-state index contributed by atoms with van der Waals surface area (Å²) in [6, 6.07) is 12.3. The molecule has 2 nitrogen and oxygen atoms in total. The van der Waals surface area contributed by atoms with Gasteiger partial charge in [-0.1, -0.05) is 37.3 Å². The molecule has 2 aromatic rings. The third kappa shape index (κ3) is 2.73. The second-order valence-electron chi connectivity index (χ2n) is 5.39. The van der Waals surface area contributed by atoms with Crippen LogP contribution in [-0.4, -0.2) is 11.5 Å². The maximum absolute atomic E-state index is 13.4. The molecular formula is C17H19FN2. The van der Waals surface area contributed by atoms with Crippen LogP contribution in [0.3, 0.4) is 0 Å². The number of nitrogens with one attached hydrogen (secondary N) is 1. The molecular weight excluding hydrogens is 251 g/mol. The molecule has 1 heterocycles.